The highest BCUT2D eigenvalue weighted by atomic mass is 16.2. The minimum atomic E-state index is -0.630. The van der Waals surface area contributed by atoms with Crippen molar-refractivity contribution in [1.82, 2.24) is 29.9 Å². The maximum absolute atomic E-state index is 12.2. The first kappa shape index (κ1) is 14.4. The summed E-state index contributed by atoms with van der Waals surface area (Å²) in [6.07, 6.45) is 5.82. The van der Waals surface area contributed by atoms with Gasteiger partial charge in [-0.25, -0.2) is 9.67 Å². The maximum Gasteiger partial charge on any atom is 0.267 e. The third kappa shape index (κ3) is 2.90. The fourth-order valence-corrected chi connectivity index (χ4v) is 2.59. The van der Waals surface area contributed by atoms with Gasteiger partial charge in [0.1, 0.15) is 18.7 Å². The summed E-state index contributed by atoms with van der Waals surface area (Å²) >= 11 is 0. The van der Waals surface area contributed by atoms with Crippen LogP contribution in [0.15, 0.2) is 23.5 Å². The summed E-state index contributed by atoms with van der Waals surface area (Å²) in [5, 5.41) is 11.1. The number of aryl methyl sites for hydroxylation is 2. The van der Waals surface area contributed by atoms with Gasteiger partial charge in [0.15, 0.2) is 0 Å². The van der Waals surface area contributed by atoms with Crippen LogP contribution in [-0.2, 0) is 24.2 Å². The number of nitrogens with one attached hydrogen (secondary N) is 1. The zero-order chi connectivity index (χ0) is 15.5. The van der Waals surface area contributed by atoms with Gasteiger partial charge in [0.2, 0.25) is 5.91 Å². The molecule has 1 N–H and O–H groups in total. The molecule has 0 fully saturated rings. The summed E-state index contributed by atoms with van der Waals surface area (Å²) in [5.41, 5.74) is 1.72. The Morgan fingerprint density at radius 2 is 2.32 bits per heavy atom. The molecule has 0 saturated carbocycles. The number of hydrogen-bond donors (Lipinski definition) is 1. The standard InChI is InChI=1S/C14H18N6O2/c1-10(14(22)16-5-6-19-9-15-8-17-19)20-13(21)7-11-3-2-4-12(11)18-20/h7-10H,2-6H2,1H3,(H,16,22)/t10-/m1/s1. The number of nitrogens with zero attached hydrogens (tertiary/aromatic N) is 5. The molecule has 0 spiro atoms. The Balaban J connectivity index is 1.64. The van der Waals surface area contributed by atoms with Gasteiger partial charge in [-0.2, -0.15) is 10.2 Å². The van der Waals surface area contributed by atoms with Crippen molar-refractivity contribution >= 4 is 5.91 Å². The molecule has 0 saturated heterocycles. The van der Waals surface area contributed by atoms with Crippen molar-refractivity contribution in [3.05, 3.63) is 40.3 Å². The molecule has 1 aliphatic rings. The van der Waals surface area contributed by atoms with E-state index in [1.165, 1.54) is 11.0 Å². The molecule has 116 valence electrons. The van der Waals surface area contributed by atoms with E-state index in [9.17, 15) is 9.59 Å². The minimum absolute atomic E-state index is 0.223. The van der Waals surface area contributed by atoms with Gasteiger partial charge in [-0.1, -0.05) is 0 Å². The van der Waals surface area contributed by atoms with E-state index in [0.717, 1.165) is 30.5 Å². The minimum Gasteiger partial charge on any atom is -0.352 e. The van der Waals surface area contributed by atoms with Crippen LogP contribution in [0.2, 0.25) is 0 Å². The van der Waals surface area contributed by atoms with Crippen LogP contribution in [-0.4, -0.2) is 37.0 Å². The van der Waals surface area contributed by atoms with E-state index < -0.39 is 6.04 Å². The van der Waals surface area contributed by atoms with E-state index >= 15 is 0 Å². The van der Waals surface area contributed by atoms with Gasteiger partial charge < -0.3 is 5.32 Å². The van der Waals surface area contributed by atoms with Crippen molar-refractivity contribution in [3.8, 4) is 0 Å². The third-order valence-electron chi connectivity index (χ3n) is 3.84. The van der Waals surface area contributed by atoms with E-state index in [1.807, 2.05) is 0 Å². The van der Waals surface area contributed by atoms with Crippen molar-refractivity contribution < 1.29 is 4.79 Å². The summed E-state index contributed by atoms with van der Waals surface area (Å²) < 4.78 is 2.90. The molecule has 0 aliphatic heterocycles. The number of rotatable bonds is 5. The monoisotopic (exact) mass is 302 g/mol. The quantitative estimate of drug-likeness (QED) is 0.818. The van der Waals surface area contributed by atoms with E-state index in [1.54, 1.807) is 24.0 Å². The highest BCUT2D eigenvalue weighted by molar-refractivity contribution is 5.79. The van der Waals surface area contributed by atoms with Gasteiger partial charge in [0, 0.05) is 12.6 Å². The lowest BCUT2D eigenvalue weighted by atomic mass is 10.2. The first-order valence-corrected chi connectivity index (χ1v) is 7.37. The second kappa shape index (κ2) is 6.08. The topological polar surface area (TPSA) is 94.7 Å². The largest absolute Gasteiger partial charge is 0.352 e. The van der Waals surface area contributed by atoms with Crippen LogP contribution in [0.4, 0.5) is 0 Å². The lowest BCUT2D eigenvalue weighted by molar-refractivity contribution is -0.124. The Morgan fingerprint density at radius 1 is 1.45 bits per heavy atom. The third-order valence-corrected chi connectivity index (χ3v) is 3.84. The fourth-order valence-electron chi connectivity index (χ4n) is 2.59. The molecule has 3 rings (SSSR count). The molecule has 0 aromatic carbocycles. The molecule has 2 aromatic rings. The van der Waals surface area contributed by atoms with E-state index in [4.69, 9.17) is 0 Å². The average molecular weight is 302 g/mol. The molecule has 0 bridgehead atoms. The van der Waals surface area contributed by atoms with Gasteiger partial charge in [0.05, 0.1) is 12.2 Å². The van der Waals surface area contributed by atoms with Crippen molar-refractivity contribution in [3.63, 3.8) is 0 Å². The highest BCUT2D eigenvalue weighted by Crippen LogP contribution is 2.17. The van der Waals surface area contributed by atoms with Crippen LogP contribution in [0.25, 0.3) is 0 Å². The molecule has 22 heavy (non-hydrogen) atoms. The second-order valence-corrected chi connectivity index (χ2v) is 5.38. The van der Waals surface area contributed by atoms with Crippen LogP contribution in [0.5, 0.6) is 0 Å². The molecule has 2 heterocycles. The van der Waals surface area contributed by atoms with Gasteiger partial charge in [-0.3, -0.25) is 14.3 Å². The number of carbonyl (C=O) groups is 1. The molecule has 1 atom stereocenters. The molecular weight excluding hydrogens is 284 g/mol. The van der Waals surface area contributed by atoms with E-state index in [0.29, 0.717) is 13.1 Å². The van der Waals surface area contributed by atoms with Crippen LogP contribution in [0, 0.1) is 0 Å². The van der Waals surface area contributed by atoms with Crippen molar-refractivity contribution in [2.75, 3.05) is 6.54 Å². The predicted molar refractivity (Wildman–Crippen MR) is 78.3 cm³/mol. The lowest BCUT2D eigenvalue weighted by Gasteiger charge is -2.15. The van der Waals surface area contributed by atoms with E-state index in [-0.39, 0.29) is 11.5 Å². The van der Waals surface area contributed by atoms with Crippen molar-refractivity contribution in [1.29, 1.82) is 0 Å². The Kier molecular flexibility index (Phi) is 3.99. The number of fused-ring (bicyclic) bond motifs is 1. The van der Waals surface area contributed by atoms with Gasteiger partial charge in [-0.15, -0.1) is 0 Å². The smallest absolute Gasteiger partial charge is 0.267 e. The Bertz CT molecular complexity index is 721. The summed E-state index contributed by atoms with van der Waals surface area (Å²) in [4.78, 5) is 28.1. The molecular formula is C14H18N6O2. The normalized spacial score (nSPS) is 14.6. The van der Waals surface area contributed by atoms with Gasteiger partial charge in [-0.05, 0) is 31.7 Å². The van der Waals surface area contributed by atoms with Crippen molar-refractivity contribution in [2.45, 2.75) is 38.8 Å². The highest BCUT2D eigenvalue weighted by Gasteiger charge is 2.21. The summed E-state index contributed by atoms with van der Waals surface area (Å²) in [6.45, 7) is 2.64. The van der Waals surface area contributed by atoms with E-state index in [2.05, 4.69) is 20.5 Å². The summed E-state index contributed by atoms with van der Waals surface area (Å²) in [6, 6.07) is 0.975. The van der Waals surface area contributed by atoms with Crippen LogP contribution in [0.1, 0.15) is 30.6 Å². The summed E-state index contributed by atoms with van der Waals surface area (Å²) in [7, 11) is 0. The zero-order valence-electron chi connectivity index (χ0n) is 12.4. The lowest BCUT2D eigenvalue weighted by Crippen LogP contribution is -2.38. The van der Waals surface area contributed by atoms with Crippen LogP contribution in [0.3, 0.4) is 0 Å². The molecule has 0 radical (unpaired) electrons. The molecule has 8 nitrogen and oxygen atoms in total. The summed E-state index contributed by atoms with van der Waals surface area (Å²) in [5.74, 6) is -0.229. The number of aromatic nitrogens is 5. The molecule has 2 aromatic heterocycles. The zero-order valence-corrected chi connectivity index (χ0v) is 12.4. The first-order chi connectivity index (χ1) is 10.6. The fraction of sp³-hybridized carbons (Fsp3) is 0.500. The molecule has 1 aliphatic carbocycles. The predicted octanol–water partition coefficient (Wildman–Crippen LogP) is -0.299. The Hall–Kier alpha value is -2.51. The van der Waals surface area contributed by atoms with Gasteiger partial charge >= 0.3 is 0 Å². The number of amides is 1. The van der Waals surface area contributed by atoms with Gasteiger partial charge in [0.25, 0.3) is 5.56 Å². The SMILES string of the molecule is C[C@H](C(=O)NCCn1cncn1)n1nc2c(cc1=O)CCC2. The van der Waals surface area contributed by atoms with Crippen molar-refractivity contribution in [2.24, 2.45) is 0 Å². The first-order valence-electron chi connectivity index (χ1n) is 7.37. The molecule has 1 amide bonds. The number of hydrogen-bond acceptors (Lipinski definition) is 5. The molecule has 8 heteroatoms. The molecule has 0 unspecified atom stereocenters. The van der Waals surface area contributed by atoms with Crippen LogP contribution < -0.4 is 10.9 Å². The Labute approximate surface area is 127 Å². The van der Waals surface area contributed by atoms with Crippen LogP contribution >= 0.6 is 0 Å². The second-order valence-electron chi connectivity index (χ2n) is 5.38. The maximum atomic E-state index is 12.2. The average Bonchev–Trinajstić information content (AvgIpc) is 3.16. The number of carbonyl (C=O) groups excluding carboxylic acids is 1. The Morgan fingerprint density at radius 3 is 3.09 bits per heavy atom.